The van der Waals surface area contributed by atoms with Gasteiger partial charge in [0.15, 0.2) is 0 Å². The van der Waals surface area contributed by atoms with Crippen molar-refractivity contribution in [1.82, 2.24) is 47.8 Å². The van der Waals surface area contributed by atoms with Crippen molar-refractivity contribution in [1.29, 1.82) is 0 Å². The zero-order valence-electron chi connectivity index (χ0n) is 61.0. The fourth-order valence-electron chi connectivity index (χ4n) is 14.7. The smallest absolute Gasteiger partial charge is 0.503 e. The van der Waals surface area contributed by atoms with E-state index in [9.17, 15) is 0 Å². The molecule has 0 aliphatic carbocycles. The summed E-state index contributed by atoms with van der Waals surface area (Å²) in [4.78, 5) is 47.3. The van der Waals surface area contributed by atoms with Crippen molar-refractivity contribution in [3.05, 3.63) is 278 Å². The van der Waals surface area contributed by atoms with Crippen LogP contribution in [0.3, 0.4) is 0 Å². The van der Waals surface area contributed by atoms with E-state index in [4.69, 9.17) is 49.2 Å². The van der Waals surface area contributed by atoms with Crippen LogP contribution in [0.1, 0.15) is 115 Å². The van der Waals surface area contributed by atoms with E-state index < -0.39 is 11.9 Å². The van der Waals surface area contributed by atoms with Gasteiger partial charge in [-0.15, -0.1) is 29.0 Å². The van der Waals surface area contributed by atoms with Crippen LogP contribution in [-0.2, 0) is 50.4 Å². The maximum absolute atomic E-state index is 9.00. The fourth-order valence-corrected chi connectivity index (χ4v) is 14.7. The van der Waals surface area contributed by atoms with E-state index in [0.29, 0.717) is 35.2 Å². The molecule has 0 bridgehead atoms. The van der Waals surface area contributed by atoms with E-state index in [1.54, 1.807) is 0 Å². The number of carbonyl (C=O) groups is 2. The summed E-state index contributed by atoms with van der Waals surface area (Å²) in [6.45, 7) is 20.2. The monoisotopic (exact) mass is 1600 g/mol. The predicted octanol–water partition coefficient (Wildman–Crippen LogP) is 22.2. The van der Waals surface area contributed by atoms with Gasteiger partial charge in [-0.1, -0.05) is 163 Å². The Morgan fingerprint density at radius 2 is 0.796 bits per heavy atom. The standard InChI is InChI=1S/C43H35N5O.C43H33N5O.2C2H4O2.2Pd/c2*1-26(2)30-12-9-13-31(27(3)4)41(30)39-25-46-43-34-20-18-28(23-35(34)42-37(48(39)43)15-10-22-45-42)49-29-17-19-33-32-11-5-6-14-36(32)47(38(33)24-29)40-16-7-8-21-44-40;2*1-2(3)4;;/h5-27H,1-4H3;5-22,25-27H,1-4H3;2*1H3,(H,3,4);;/q;-2;;;;+2. The van der Waals surface area contributed by atoms with Crippen molar-refractivity contribution in [2.75, 3.05) is 0 Å². The molecule has 0 saturated carbocycles. The Morgan fingerprint density at radius 1 is 0.380 bits per heavy atom. The van der Waals surface area contributed by atoms with Crippen LogP contribution in [0.15, 0.2) is 243 Å². The number of hydrogen-bond donors (Lipinski definition) is 2. The third-order valence-corrected chi connectivity index (χ3v) is 19.1. The zero-order chi connectivity index (χ0) is 73.6. The predicted molar refractivity (Wildman–Crippen MR) is 425 cm³/mol. The summed E-state index contributed by atoms with van der Waals surface area (Å²) in [5.74, 6) is 4.15. The average Bonchev–Trinajstić information content (AvgIpc) is 1.45. The van der Waals surface area contributed by atoms with E-state index in [-0.39, 0.29) is 40.8 Å². The first-order chi connectivity index (χ1) is 51.4. The summed E-state index contributed by atoms with van der Waals surface area (Å²) in [5.41, 5.74) is 19.6. The van der Waals surface area contributed by atoms with E-state index in [1.165, 1.54) is 38.8 Å². The molecule has 0 fully saturated rings. The molecule has 18 aromatic rings. The SMILES string of the molecule is CC(=O)O.CC(=O)O.CC(C)c1cccc(C(C)C)c1-c1cnc2c3ccc(Oc4[c-]c5c(cc4)c4ccccc4n5-c4ccccn4)[c-]c3c3ncccc3n12.CC(C)c1cccc(C(C)C)c1-c1cnc2c3ccc(Oc4ccc5c6ccccc6n(-c6ccccn6)c5c4)cc3c3ncccc3n12.[Pd+2].[Pd]. The number of hydrogen-bond acceptors (Lipinski definition) is 10. The average molecular weight is 1610 g/mol. The summed E-state index contributed by atoms with van der Waals surface area (Å²) in [6.07, 6.45) is 11.4. The maximum Gasteiger partial charge on any atom is 2.00 e. The van der Waals surface area contributed by atoms with E-state index in [1.807, 2.05) is 116 Å². The quantitative estimate of drug-likeness (QED) is 0.0670. The van der Waals surface area contributed by atoms with Crippen LogP contribution in [0.2, 0.25) is 0 Å². The van der Waals surface area contributed by atoms with Gasteiger partial charge in [-0.3, -0.25) is 23.5 Å². The van der Waals surface area contributed by atoms with Crippen molar-refractivity contribution in [2.45, 2.75) is 92.9 Å². The molecule has 0 aliphatic rings. The maximum atomic E-state index is 9.00. The van der Waals surface area contributed by atoms with Gasteiger partial charge in [-0.25, -0.2) is 19.9 Å². The van der Waals surface area contributed by atoms with Crippen molar-refractivity contribution in [2.24, 2.45) is 0 Å². The van der Waals surface area contributed by atoms with E-state index in [2.05, 4.69) is 223 Å². The third kappa shape index (κ3) is 14.0. The molecule has 10 aromatic heterocycles. The minimum atomic E-state index is -0.833. The Balaban J connectivity index is 0.000000171. The molecule has 16 nitrogen and oxygen atoms in total. The van der Waals surface area contributed by atoms with Gasteiger partial charge in [-0.2, -0.15) is 6.07 Å². The van der Waals surface area contributed by atoms with Crippen molar-refractivity contribution in [3.8, 4) is 57.1 Å². The Kier molecular flexibility index (Phi) is 21.6. The number of rotatable bonds is 12. The Labute approximate surface area is 651 Å². The molecule has 0 amide bonds. The van der Waals surface area contributed by atoms with Gasteiger partial charge >= 0.3 is 20.4 Å². The number of fused-ring (bicyclic) bond motifs is 18. The number of aromatic nitrogens is 10. The second-order valence-corrected chi connectivity index (χ2v) is 27.5. The van der Waals surface area contributed by atoms with Gasteiger partial charge in [0.2, 0.25) is 0 Å². The zero-order valence-corrected chi connectivity index (χ0v) is 64.1. The molecule has 18 heteroatoms. The van der Waals surface area contributed by atoms with Crippen molar-refractivity contribution >= 4 is 110 Å². The third-order valence-electron chi connectivity index (χ3n) is 19.1. The van der Waals surface area contributed by atoms with Crippen LogP contribution in [0, 0.1) is 12.1 Å². The molecular weight excluding hydrogens is 1530 g/mol. The number of aliphatic carboxylic acids is 2. The van der Waals surface area contributed by atoms with Crippen LogP contribution in [-0.4, -0.2) is 70.0 Å². The summed E-state index contributed by atoms with van der Waals surface area (Å²) in [5, 5.41) is 23.3. The molecule has 542 valence electrons. The van der Waals surface area contributed by atoms with Crippen LogP contribution >= 0.6 is 0 Å². The normalized spacial score (nSPS) is 11.4. The summed E-state index contributed by atoms with van der Waals surface area (Å²) < 4.78 is 22.0. The molecule has 0 atom stereocenters. The molecule has 10 heterocycles. The fraction of sp³-hybridized carbons (Fsp3) is 0.156. The van der Waals surface area contributed by atoms with Gasteiger partial charge in [0.25, 0.3) is 11.9 Å². The Hall–Kier alpha value is -11.8. The van der Waals surface area contributed by atoms with Crippen LogP contribution in [0.4, 0.5) is 0 Å². The van der Waals surface area contributed by atoms with Crippen molar-refractivity contribution in [3.63, 3.8) is 0 Å². The number of ether oxygens (including phenoxy) is 2. The number of pyridine rings is 6. The molecule has 8 aromatic carbocycles. The Morgan fingerprint density at radius 3 is 1.33 bits per heavy atom. The van der Waals surface area contributed by atoms with Crippen LogP contribution in [0.25, 0.3) is 133 Å². The number of imidazole rings is 2. The second kappa shape index (κ2) is 31.4. The van der Waals surface area contributed by atoms with Gasteiger partial charge < -0.3 is 33.6 Å². The molecule has 0 unspecified atom stereocenters. The first kappa shape index (κ1) is 74.5. The van der Waals surface area contributed by atoms with Crippen LogP contribution in [0.5, 0.6) is 23.0 Å². The molecule has 0 aliphatic heterocycles. The molecule has 0 radical (unpaired) electrons. The summed E-state index contributed by atoms with van der Waals surface area (Å²) >= 11 is 0. The summed E-state index contributed by atoms with van der Waals surface area (Å²) in [7, 11) is 0. The second-order valence-electron chi connectivity index (χ2n) is 27.5. The number of benzene rings is 8. The number of carboxylic acids is 2. The first-order valence-corrected chi connectivity index (χ1v) is 35.5. The molecule has 0 spiro atoms. The number of nitrogens with zero attached hydrogens (tertiary/aromatic N) is 10. The Bertz CT molecular complexity index is 5980. The molecular formula is C90H76N10O6Pd2. The molecule has 0 saturated heterocycles. The van der Waals surface area contributed by atoms with Crippen LogP contribution < -0.4 is 9.47 Å². The van der Waals surface area contributed by atoms with Crippen molar-refractivity contribution < 1.29 is 70.1 Å². The minimum Gasteiger partial charge on any atom is -0.503 e. The van der Waals surface area contributed by atoms with E-state index in [0.717, 1.165) is 142 Å². The molecule has 2 N–H and O–H groups in total. The summed E-state index contributed by atoms with van der Waals surface area (Å²) in [6, 6.07) is 78.1. The van der Waals surface area contributed by atoms with E-state index >= 15 is 0 Å². The minimum absolute atomic E-state index is 0. The topological polar surface area (TPSA) is 189 Å². The molecule has 18 rings (SSSR count). The van der Waals surface area contributed by atoms with Gasteiger partial charge in [0.05, 0.1) is 45.8 Å². The number of para-hydroxylation sites is 2. The first-order valence-electron chi connectivity index (χ1n) is 35.5. The largest absolute Gasteiger partial charge is 2.00 e. The van der Waals surface area contributed by atoms with Gasteiger partial charge in [0.1, 0.15) is 34.4 Å². The van der Waals surface area contributed by atoms with Gasteiger partial charge in [-0.05, 0) is 142 Å². The van der Waals surface area contributed by atoms with Gasteiger partial charge in [0, 0.05) is 126 Å². The number of carboxylic acid groups (broad SMARTS) is 2. The molecule has 108 heavy (non-hydrogen) atoms.